The minimum Gasteiger partial charge on any atom is -0.313 e. The number of allylic oxidation sites excluding steroid dienone is 1. The topological polar surface area (TPSA) is 29.1 Å². The van der Waals surface area contributed by atoms with Crippen LogP contribution in [0.15, 0.2) is 48.4 Å². The molecule has 0 saturated heterocycles. The van der Waals surface area contributed by atoms with Gasteiger partial charge in [0.05, 0.1) is 4.88 Å². The van der Waals surface area contributed by atoms with Gasteiger partial charge < -0.3 is 5.32 Å². The summed E-state index contributed by atoms with van der Waals surface area (Å²) >= 11 is 1.51. The Kier molecular flexibility index (Phi) is 7.41. The van der Waals surface area contributed by atoms with Crippen LogP contribution in [0.5, 0.6) is 0 Å². The summed E-state index contributed by atoms with van der Waals surface area (Å²) in [4.78, 5) is 12.5. The average Bonchev–Trinajstić information content (AvgIpc) is 3.08. The lowest BCUT2D eigenvalue weighted by Gasteiger charge is -2.13. The SMILES string of the molecule is C=CCC(CC)CCNCc1ccc(-c2ccsc2C(C)=O)cc1. The molecule has 1 unspecified atom stereocenters. The number of rotatable bonds is 10. The maximum Gasteiger partial charge on any atom is 0.170 e. The molecule has 1 aromatic heterocycles. The fraction of sp³-hybridized carbons (Fsp3) is 0.381. The number of thiophene rings is 1. The third kappa shape index (κ3) is 5.15. The highest BCUT2D eigenvalue weighted by atomic mass is 32.1. The normalized spacial score (nSPS) is 12.1. The van der Waals surface area contributed by atoms with E-state index in [1.165, 1.54) is 29.7 Å². The molecule has 0 spiro atoms. The second-order valence-electron chi connectivity index (χ2n) is 6.18. The molecule has 0 aliphatic rings. The van der Waals surface area contributed by atoms with Crippen LogP contribution < -0.4 is 5.32 Å². The summed E-state index contributed by atoms with van der Waals surface area (Å²) in [6, 6.07) is 10.5. The van der Waals surface area contributed by atoms with Gasteiger partial charge >= 0.3 is 0 Å². The zero-order chi connectivity index (χ0) is 17.4. The third-order valence-electron chi connectivity index (χ3n) is 4.39. The molecule has 0 bridgehead atoms. The zero-order valence-corrected chi connectivity index (χ0v) is 15.5. The van der Waals surface area contributed by atoms with Gasteiger partial charge in [0.15, 0.2) is 5.78 Å². The number of benzene rings is 1. The van der Waals surface area contributed by atoms with Crippen LogP contribution >= 0.6 is 11.3 Å². The standard InChI is InChI=1S/C21H27NOS/c1-4-6-17(5-2)11-13-22-15-18-7-9-19(10-8-18)20-12-14-24-21(20)16(3)23/h4,7-10,12,14,17,22H,1,5-6,11,13,15H2,2-3H3. The van der Waals surface area contributed by atoms with Crippen molar-refractivity contribution in [3.05, 3.63) is 58.8 Å². The summed E-state index contributed by atoms with van der Waals surface area (Å²) in [5, 5.41) is 5.50. The van der Waals surface area contributed by atoms with Crippen LogP contribution in [0, 0.1) is 5.92 Å². The van der Waals surface area contributed by atoms with E-state index in [0.29, 0.717) is 0 Å². The molecule has 0 radical (unpaired) electrons. The predicted octanol–water partition coefficient (Wildman–Crippen LogP) is 5.70. The van der Waals surface area contributed by atoms with E-state index in [0.717, 1.165) is 41.4 Å². The van der Waals surface area contributed by atoms with Crippen molar-refractivity contribution in [3.8, 4) is 11.1 Å². The molecule has 1 heterocycles. The molecule has 24 heavy (non-hydrogen) atoms. The first-order chi connectivity index (χ1) is 11.7. The molecule has 0 fully saturated rings. The van der Waals surface area contributed by atoms with Gasteiger partial charge in [-0.3, -0.25) is 4.79 Å². The van der Waals surface area contributed by atoms with E-state index in [1.54, 1.807) is 6.92 Å². The summed E-state index contributed by atoms with van der Waals surface area (Å²) < 4.78 is 0. The monoisotopic (exact) mass is 341 g/mol. The van der Waals surface area contributed by atoms with Crippen LogP contribution in [0.4, 0.5) is 0 Å². The highest BCUT2D eigenvalue weighted by Gasteiger charge is 2.10. The van der Waals surface area contributed by atoms with Crippen molar-refractivity contribution in [2.24, 2.45) is 5.92 Å². The molecule has 0 saturated carbocycles. The Morgan fingerprint density at radius 1 is 1.29 bits per heavy atom. The largest absolute Gasteiger partial charge is 0.313 e. The summed E-state index contributed by atoms with van der Waals surface area (Å²) in [7, 11) is 0. The molecule has 0 aliphatic carbocycles. The highest BCUT2D eigenvalue weighted by molar-refractivity contribution is 7.12. The van der Waals surface area contributed by atoms with Crippen LogP contribution in [0.1, 0.15) is 48.3 Å². The Morgan fingerprint density at radius 3 is 2.67 bits per heavy atom. The molecule has 0 amide bonds. The maximum atomic E-state index is 11.7. The highest BCUT2D eigenvalue weighted by Crippen LogP contribution is 2.28. The van der Waals surface area contributed by atoms with E-state index >= 15 is 0 Å². The van der Waals surface area contributed by atoms with E-state index in [-0.39, 0.29) is 5.78 Å². The Bertz CT molecular complexity index is 657. The Labute approximate surface area is 149 Å². The molecule has 0 aliphatic heterocycles. The predicted molar refractivity (Wildman–Crippen MR) is 105 cm³/mol. The Balaban J connectivity index is 1.87. The molecular weight excluding hydrogens is 314 g/mol. The first kappa shape index (κ1) is 18.6. The molecule has 2 rings (SSSR count). The Hall–Kier alpha value is -1.71. The molecule has 2 aromatic rings. The second kappa shape index (κ2) is 9.55. The number of carbonyl (C=O) groups is 1. The number of hydrogen-bond donors (Lipinski definition) is 1. The van der Waals surface area contributed by atoms with Gasteiger partial charge in [-0.25, -0.2) is 0 Å². The van der Waals surface area contributed by atoms with E-state index in [9.17, 15) is 4.79 Å². The van der Waals surface area contributed by atoms with Gasteiger partial charge in [-0.05, 0) is 54.8 Å². The molecule has 3 heteroatoms. The molecular formula is C21H27NOS. The Morgan fingerprint density at radius 2 is 2.04 bits per heavy atom. The minimum absolute atomic E-state index is 0.135. The van der Waals surface area contributed by atoms with E-state index in [1.807, 2.05) is 17.5 Å². The molecule has 1 N–H and O–H groups in total. The van der Waals surface area contributed by atoms with Gasteiger partial charge in [0.2, 0.25) is 0 Å². The minimum atomic E-state index is 0.135. The summed E-state index contributed by atoms with van der Waals surface area (Å²) in [6.45, 7) is 9.62. The van der Waals surface area contributed by atoms with E-state index in [2.05, 4.69) is 43.1 Å². The van der Waals surface area contributed by atoms with E-state index in [4.69, 9.17) is 0 Å². The smallest absolute Gasteiger partial charge is 0.170 e. The van der Waals surface area contributed by atoms with Gasteiger partial charge in [0.1, 0.15) is 0 Å². The van der Waals surface area contributed by atoms with Crippen LogP contribution in [-0.4, -0.2) is 12.3 Å². The van der Waals surface area contributed by atoms with Crippen molar-refractivity contribution in [2.75, 3.05) is 6.54 Å². The van der Waals surface area contributed by atoms with Crippen LogP contribution in [0.2, 0.25) is 0 Å². The number of Topliss-reactive ketones (excluding diaryl/α,β-unsaturated/α-hetero) is 1. The number of carbonyl (C=O) groups excluding carboxylic acids is 1. The van der Waals surface area contributed by atoms with Crippen molar-refractivity contribution in [1.82, 2.24) is 5.32 Å². The molecule has 1 aromatic carbocycles. The zero-order valence-electron chi connectivity index (χ0n) is 14.7. The van der Waals surface area contributed by atoms with Gasteiger partial charge in [-0.1, -0.05) is 43.7 Å². The van der Waals surface area contributed by atoms with Crippen molar-refractivity contribution in [3.63, 3.8) is 0 Å². The van der Waals surface area contributed by atoms with Crippen molar-refractivity contribution >= 4 is 17.1 Å². The van der Waals surface area contributed by atoms with Crippen LogP contribution in [0.3, 0.4) is 0 Å². The first-order valence-corrected chi connectivity index (χ1v) is 9.53. The van der Waals surface area contributed by atoms with Crippen molar-refractivity contribution < 1.29 is 4.79 Å². The quantitative estimate of drug-likeness (QED) is 0.341. The van der Waals surface area contributed by atoms with Crippen molar-refractivity contribution in [2.45, 2.75) is 39.7 Å². The second-order valence-corrected chi connectivity index (χ2v) is 7.10. The number of ketones is 1. The van der Waals surface area contributed by atoms with Crippen LogP contribution in [-0.2, 0) is 6.54 Å². The fourth-order valence-electron chi connectivity index (χ4n) is 2.87. The summed E-state index contributed by atoms with van der Waals surface area (Å²) in [6.07, 6.45) is 5.53. The summed E-state index contributed by atoms with van der Waals surface area (Å²) in [5.74, 6) is 0.872. The van der Waals surface area contributed by atoms with Gasteiger partial charge in [-0.2, -0.15) is 0 Å². The van der Waals surface area contributed by atoms with Crippen molar-refractivity contribution in [1.29, 1.82) is 0 Å². The average molecular weight is 342 g/mol. The lowest BCUT2D eigenvalue weighted by atomic mass is 9.98. The number of nitrogens with one attached hydrogen (secondary N) is 1. The maximum absolute atomic E-state index is 11.7. The van der Waals surface area contributed by atoms with E-state index < -0.39 is 0 Å². The third-order valence-corrected chi connectivity index (χ3v) is 5.40. The van der Waals surface area contributed by atoms with Gasteiger partial charge in [-0.15, -0.1) is 17.9 Å². The van der Waals surface area contributed by atoms with Gasteiger partial charge in [0, 0.05) is 12.1 Å². The fourth-order valence-corrected chi connectivity index (χ4v) is 3.69. The van der Waals surface area contributed by atoms with Gasteiger partial charge in [0.25, 0.3) is 0 Å². The lowest BCUT2D eigenvalue weighted by Crippen LogP contribution is -2.17. The molecule has 128 valence electrons. The first-order valence-electron chi connectivity index (χ1n) is 8.65. The van der Waals surface area contributed by atoms with Crippen LogP contribution in [0.25, 0.3) is 11.1 Å². The number of hydrogen-bond acceptors (Lipinski definition) is 3. The molecule has 2 nitrogen and oxygen atoms in total. The lowest BCUT2D eigenvalue weighted by molar-refractivity contribution is 0.102. The summed E-state index contributed by atoms with van der Waals surface area (Å²) in [5.41, 5.74) is 3.43. The molecule has 1 atom stereocenters.